The zero-order valence-corrected chi connectivity index (χ0v) is 13.7. The second-order valence-electron chi connectivity index (χ2n) is 4.14. The summed E-state index contributed by atoms with van der Waals surface area (Å²) in [5.41, 5.74) is 0.835. The minimum atomic E-state index is -3.45. The van der Waals surface area contributed by atoms with Crippen molar-refractivity contribution >= 4 is 21.8 Å². The molecule has 7 heteroatoms. The first kappa shape index (κ1) is 17.3. The molecule has 0 spiro atoms. The van der Waals surface area contributed by atoms with Crippen molar-refractivity contribution in [3.8, 4) is 5.75 Å². The number of thioether (sulfide) groups is 1. The molecular weight excluding hydrogens is 296 g/mol. The van der Waals surface area contributed by atoms with Crippen molar-refractivity contribution in [1.82, 2.24) is 10.0 Å². The fourth-order valence-corrected chi connectivity index (χ4v) is 3.20. The molecule has 0 aliphatic rings. The first-order valence-corrected chi connectivity index (χ1v) is 9.29. The SMILES string of the molecule is CCNCc1cc(S(=O)(=O)NCCSC)ccc1OC. The monoisotopic (exact) mass is 318 g/mol. The van der Waals surface area contributed by atoms with Gasteiger partial charge in [-0.3, -0.25) is 0 Å². The van der Waals surface area contributed by atoms with E-state index in [1.54, 1.807) is 37.1 Å². The molecule has 2 N–H and O–H groups in total. The van der Waals surface area contributed by atoms with Gasteiger partial charge in [0.25, 0.3) is 0 Å². The molecule has 0 heterocycles. The predicted molar refractivity (Wildman–Crippen MR) is 83.9 cm³/mol. The average molecular weight is 318 g/mol. The Morgan fingerprint density at radius 2 is 2.10 bits per heavy atom. The van der Waals surface area contributed by atoms with E-state index in [2.05, 4.69) is 10.0 Å². The molecule has 0 unspecified atom stereocenters. The van der Waals surface area contributed by atoms with Gasteiger partial charge in [0.15, 0.2) is 0 Å². The number of ether oxygens (including phenoxy) is 1. The van der Waals surface area contributed by atoms with Crippen LogP contribution in [-0.2, 0) is 16.6 Å². The fourth-order valence-electron chi connectivity index (χ4n) is 1.68. The van der Waals surface area contributed by atoms with Crippen molar-refractivity contribution in [2.75, 3.05) is 32.2 Å². The summed E-state index contributed by atoms with van der Waals surface area (Å²) < 4.78 is 32.1. The van der Waals surface area contributed by atoms with Crippen LogP contribution in [0.25, 0.3) is 0 Å². The minimum Gasteiger partial charge on any atom is -0.496 e. The third-order valence-electron chi connectivity index (χ3n) is 2.73. The summed E-state index contributed by atoms with van der Waals surface area (Å²) in [6, 6.07) is 4.91. The van der Waals surface area contributed by atoms with E-state index in [1.807, 2.05) is 13.2 Å². The first-order chi connectivity index (χ1) is 9.55. The number of hydrogen-bond acceptors (Lipinski definition) is 5. The van der Waals surface area contributed by atoms with Gasteiger partial charge >= 0.3 is 0 Å². The number of rotatable bonds is 9. The van der Waals surface area contributed by atoms with Gasteiger partial charge in [-0.05, 0) is 31.0 Å². The highest BCUT2D eigenvalue weighted by molar-refractivity contribution is 7.98. The lowest BCUT2D eigenvalue weighted by molar-refractivity contribution is 0.407. The maximum absolute atomic E-state index is 12.2. The van der Waals surface area contributed by atoms with E-state index in [-0.39, 0.29) is 4.90 Å². The molecule has 0 atom stereocenters. The van der Waals surface area contributed by atoms with Crippen LogP contribution in [0.15, 0.2) is 23.1 Å². The van der Waals surface area contributed by atoms with E-state index in [1.165, 1.54) is 0 Å². The fraction of sp³-hybridized carbons (Fsp3) is 0.538. The van der Waals surface area contributed by atoms with Crippen LogP contribution in [0.1, 0.15) is 12.5 Å². The normalized spacial score (nSPS) is 11.6. The Hall–Kier alpha value is -0.760. The summed E-state index contributed by atoms with van der Waals surface area (Å²) in [6.07, 6.45) is 1.94. The quantitative estimate of drug-likeness (QED) is 0.675. The molecule has 0 aromatic heterocycles. The Bertz CT molecular complexity index is 518. The van der Waals surface area contributed by atoms with Crippen molar-refractivity contribution in [3.63, 3.8) is 0 Å². The molecule has 0 radical (unpaired) electrons. The van der Waals surface area contributed by atoms with Crippen LogP contribution < -0.4 is 14.8 Å². The molecule has 1 aromatic rings. The van der Waals surface area contributed by atoms with Crippen LogP contribution in [0.4, 0.5) is 0 Å². The topological polar surface area (TPSA) is 67.4 Å². The molecule has 5 nitrogen and oxygen atoms in total. The molecule has 0 aliphatic carbocycles. The lowest BCUT2D eigenvalue weighted by atomic mass is 10.2. The highest BCUT2D eigenvalue weighted by Gasteiger charge is 2.15. The summed E-state index contributed by atoms with van der Waals surface area (Å²) >= 11 is 1.60. The van der Waals surface area contributed by atoms with Crippen LogP contribution in [0, 0.1) is 0 Å². The van der Waals surface area contributed by atoms with Crippen molar-refractivity contribution in [2.45, 2.75) is 18.4 Å². The van der Waals surface area contributed by atoms with Crippen LogP contribution in [-0.4, -0.2) is 40.6 Å². The molecule has 0 aliphatic heterocycles. The minimum absolute atomic E-state index is 0.271. The molecule has 1 aromatic carbocycles. The van der Waals surface area contributed by atoms with Gasteiger partial charge in [0.2, 0.25) is 10.0 Å². The number of nitrogens with one attached hydrogen (secondary N) is 2. The third kappa shape index (κ3) is 4.97. The van der Waals surface area contributed by atoms with Crippen LogP contribution >= 0.6 is 11.8 Å². The maximum Gasteiger partial charge on any atom is 0.240 e. The number of sulfonamides is 1. The summed E-state index contributed by atoms with van der Waals surface area (Å²) in [7, 11) is -1.87. The maximum atomic E-state index is 12.2. The molecule has 0 saturated carbocycles. The van der Waals surface area contributed by atoms with Gasteiger partial charge in [-0.1, -0.05) is 6.92 Å². The Kier molecular flexibility index (Phi) is 7.36. The van der Waals surface area contributed by atoms with Gasteiger partial charge in [-0.2, -0.15) is 11.8 Å². The zero-order valence-electron chi connectivity index (χ0n) is 12.1. The van der Waals surface area contributed by atoms with Gasteiger partial charge in [0, 0.05) is 24.4 Å². The van der Waals surface area contributed by atoms with Gasteiger partial charge in [0.05, 0.1) is 12.0 Å². The highest BCUT2D eigenvalue weighted by atomic mass is 32.2. The summed E-state index contributed by atoms with van der Waals surface area (Å²) in [6.45, 7) is 3.81. The lowest BCUT2D eigenvalue weighted by Crippen LogP contribution is -2.26. The number of benzene rings is 1. The Balaban J connectivity index is 2.94. The smallest absolute Gasteiger partial charge is 0.240 e. The van der Waals surface area contributed by atoms with E-state index in [0.717, 1.165) is 17.9 Å². The van der Waals surface area contributed by atoms with E-state index in [9.17, 15) is 8.42 Å². The second kappa shape index (κ2) is 8.51. The molecule has 0 saturated heterocycles. The molecule has 114 valence electrons. The van der Waals surface area contributed by atoms with Crippen molar-refractivity contribution in [1.29, 1.82) is 0 Å². The van der Waals surface area contributed by atoms with E-state index < -0.39 is 10.0 Å². The van der Waals surface area contributed by atoms with Crippen LogP contribution in [0.5, 0.6) is 5.75 Å². The summed E-state index contributed by atoms with van der Waals surface area (Å²) in [5.74, 6) is 1.44. The standard InChI is InChI=1S/C13H22N2O3S2/c1-4-14-10-11-9-12(5-6-13(11)18-2)20(16,17)15-7-8-19-3/h5-6,9,14-15H,4,7-8,10H2,1-3H3. The van der Waals surface area contributed by atoms with Crippen molar-refractivity contribution < 1.29 is 13.2 Å². The zero-order chi connectivity index (χ0) is 15.0. The second-order valence-corrected chi connectivity index (χ2v) is 6.90. The predicted octanol–water partition coefficient (Wildman–Crippen LogP) is 1.45. The van der Waals surface area contributed by atoms with Crippen molar-refractivity contribution in [3.05, 3.63) is 23.8 Å². The van der Waals surface area contributed by atoms with Crippen LogP contribution in [0.3, 0.4) is 0 Å². The molecular formula is C13H22N2O3S2. The molecule has 0 bridgehead atoms. The van der Waals surface area contributed by atoms with E-state index in [4.69, 9.17) is 4.74 Å². The van der Waals surface area contributed by atoms with Crippen LogP contribution in [0.2, 0.25) is 0 Å². The van der Waals surface area contributed by atoms with Gasteiger partial charge in [-0.25, -0.2) is 13.1 Å². The van der Waals surface area contributed by atoms with E-state index in [0.29, 0.717) is 18.8 Å². The first-order valence-electron chi connectivity index (χ1n) is 6.41. The average Bonchev–Trinajstić information content (AvgIpc) is 2.44. The summed E-state index contributed by atoms with van der Waals surface area (Å²) in [5, 5.41) is 3.17. The third-order valence-corrected chi connectivity index (χ3v) is 4.80. The van der Waals surface area contributed by atoms with Gasteiger partial charge in [-0.15, -0.1) is 0 Å². The van der Waals surface area contributed by atoms with Gasteiger partial charge < -0.3 is 10.1 Å². The molecule has 1 rings (SSSR count). The summed E-state index contributed by atoms with van der Waals surface area (Å²) in [4.78, 5) is 0.271. The lowest BCUT2D eigenvalue weighted by Gasteiger charge is -2.12. The van der Waals surface area contributed by atoms with Crippen molar-refractivity contribution in [2.24, 2.45) is 0 Å². The number of methoxy groups -OCH3 is 1. The van der Waals surface area contributed by atoms with E-state index >= 15 is 0 Å². The largest absolute Gasteiger partial charge is 0.496 e. The van der Waals surface area contributed by atoms with Gasteiger partial charge in [0.1, 0.15) is 5.75 Å². The molecule has 20 heavy (non-hydrogen) atoms. The molecule has 0 fully saturated rings. The molecule has 0 amide bonds. The number of hydrogen-bond donors (Lipinski definition) is 2. The Morgan fingerprint density at radius 3 is 2.70 bits per heavy atom. The Labute approximate surface area is 125 Å². The highest BCUT2D eigenvalue weighted by Crippen LogP contribution is 2.22. The Morgan fingerprint density at radius 1 is 1.35 bits per heavy atom.